The summed E-state index contributed by atoms with van der Waals surface area (Å²) in [5.74, 6) is 1.59. The molecule has 0 unspecified atom stereocenters. The maximum atomic E-state index is 11.7. The van der Waals surface area contributed by atoms with Crippen LogP contribution in [0.1, 0.15) is 10.5 Å². The van der Waals surface area contributed by atoms with Gasteiger partial charge in [0.2, 0.25) is 0 Å². The number of ether oxygens (including phenoxy) is 1. The van der Waals surface area contributed by atoms with Crippen molar-refractivity contribution >= 4 is 34.5 Å². The molecule has 5 N–H and O–H groups in total. The molecule has 2 heterocycles. The van der Waals surface area contributed by atoms with Gasteiger partial charge in [-0.1, -0.05) is 6.07 Å². The Morgan fingerprint density at radius 3 is 2.38 bits per heavy atom. The first-order chi connectivity index (χ1) is 15.6. The van der Waals surface area contributed by atoms with Gasteiger partial charge in [0.05, 0.1) is 0 Å². The first-order valence-electron chi connectivity index (χ1n) is 9.91. The number of hydrogen-bond acceptors (Lipinski definition) is 7. The third kappa shape index (κ3) is 5.31. The zero-order chi connectivity index (χ0) is 22.3. The lowest BCUT2D eigenvalue weighted by Gasteiger charge is -2.11. The van der Waals surface area contributed by atoms with E-state index in [1.807, 2.05) is 60.7 Å². The van der Waals surface area contributed by atoms with Crippen molar-refractivity contribution in [3.8, 4) is 11.5 Å². The molecule has 4 rings (SSSR count). The summed E-state index contributed by atoms with van der Waals surface area (Å²) in [6.45, 7) is 0. The van der Waals surface area contributed by atoms with Gasteiger partial charge in [-0.25, -0.2) is 4.98 Å². The summed E-state index contributed by atoms with van der Waals surface area (Å²) < 4.78 is 5.83. The van der Waals surface area contributed by atoms with Crippen LogP contribution in [0.3, 0.4) is 0 Å². The van der Waals surface area contributed by atoms with E-state index in [4.69, 9.17) is 10.5 Å². The number of nitrogens with one attached hydrogen (secondary N) is 3. The predicted molar refractivity (Wildman–Crippen MR) is 126 cm³/mol. The summed E-state index contributed by atoms with van der Waals surface area (Å²) in [6.07, 6.45) is 3.26. The molecule has 2 aromatic carbocycles. The summed E-state index contributed by atoms with van der Waals surface area (Å²) in [7, 11) is 1.56. The minimum absolute atomic E-state index is 0.269. The molecule has 0 fully saturated rings. The molecule has 160 valence electrons. The van der Waals surface area contributed by atoms with Crippen molar-refractivity contribution in [2.45, 2.75) is 0 Å². The number of carbonyl (C=O) groups excluding carboxylic acids is 1. The summed E-state index contributed by atoms with van der Waals surface area (Å²) in [6, 6.07) is 22.1. The number of carbonyl (C=O) groups is 1. The zero-order valence-corrected chi connectivity index (χ0v) is 17.4. The van der Waals surface area contributed by atoms with Crippen LogP contribution < -0.4 is 26.4 Å². The van der Waals surface area contributed by atoms with E-state index in [1.54, 1.807) is 25.4 Å². The van der Waals surface area contributed by atoms with Crippen LogP contribution >= 0.6 is 0 Å². The molecule has 32 heavy (non-hydrogen) atoms. The standard InChI is InChI=1S/C24H22N6O2/c1-26-24(31)22-15-21(10-12-27-22)32-20-7-5-17(6-8-20)30-23-14-19(9-11-28-23)29-18-4-2-3-16(25)13-18/h2-15H,25H2,1H3,(H,26,31)(H2,28,29,30). The Morgan fingerprint density at radius 2 is 1.59 bits per heavy atom. The van der Waals surface area contributed by atoms with E-state index in [0.29, 0.717) is 28.7 Å². The number of aromatic nitrogens is 2. The van der Waals surface area contributed by atoms with Gasteiger partial charge in [0.25, 0.3) is 5.91 Å². The van der Waals surface area contributed by atoms with Crippen molar-refractivity contribution < 1.29 is 9.53 Å². The summed E-state index contributed by atoms with van der Waals surface area (Å²) in [5, 5.41) is 9.12. The predicted octanol–water partition coefficient (Wildman–Crippen LogP) is 4.70. The number of benzene rings is 2. The first-order valence-corrected chi connectivity index (χ1v) is 9.91. The second kappa shape index (κ2) is 9.48. The molecule has 4 aromatic rings. The van der Waals surface area contributed by atoms with Gasteiger partial charge in [-0.2, -0.15) is 0 Å². The van der Waals surface area contributed by atoms with E-state index >= 15 is 0 Å². The minimum atomic E-state index is -0.269. The number of anilines is 5. The van der Waals surface area contributed by atoms with Crippen LogP contribution in [-0.2, 0) is 0 Å². The molecule has 0 aliphatic heterocycles. The Hall–Kier alpha value is -4.59. The fraction of sp³-hybridized carbons (Fsp3) is 0.0417. The quantitative estimate of drug-likeness (QED) is 0.317. The molecule has 0 aliphatic carbocycles. The fourth-order valence-electron chi connectivity index (χ4n) is 2.98. The Kier molecular flexibility index (Phi) is 6.12. The van der Waals surface area contributed by atoms with Gasteiger partial charge >= 0.3 is 0 Å². The number of rotatable bonds is 7. The molecule has 8 nitrogen and oxygen atoms in total. The molecule has 0 spiro atoms. The monoisotopic (exact) mass is 426 g/mol. The molecule has 0 bridgehead atoms. The van der Waals surface area contributed by atoms with E-state index < -0.39 is 0 Å². The van der Waals surface area contributed by atoms with Gasteiger partial charge in [-0.15, -0.1) is 0 Å². The maximum absolute atomic E-state index is 11.7. The Labute approximate surface area is 185 Å². The van der Waals surface area contributed by atoms with Gasteiger partial charge in [0, 0.05) is 54.3 Å². The van der Waals surface area contributed by atoms with Crippen molar-refractivity contribution in [1.82, 2.24) is 15.3 Å². The van der Waals surface area contributed by atoms with Crippen LogP contribution in [-0.4, -0.2) is 22.9 Å². The summed E-state index contributed by atoms with van der Waals surface area (Å²) in [5.41, 5.74) is 9.47. The average molecular weight is 426 g/mol. The van der Waals surface area contributed by atoms with Gasteiger partial charge in [-0.3, -0.25) is 9.78 Å². The molecule has 0 aliphatic rings. The molecular formula is C24H22N6O2. The van der Waals surface area contributed by atoms with Crippen molar-refractivity contribution in [3.05, 3.63) is 90.9 Å². The zero-order valence-electron chi connectivity index (χ0n) is 17.4. The highest BCUT2D eigenvalue weighted by Gasteiger charge is 2.07. The van der Waals surface area contributed by atoms with E-state index in [0.717, 1.165) is 17.1 Å². The summed E-state index contributed by atoms with van der Waals surface area (Å²) >= 11 is 0. The second-order valence-electron chi connectivity index (χ2n) is 6.89. The van der Waals surface area contributed by atoms with Crippen LogP contribution in [0.4, 0.5) is 28.6 Å². The van der Waals surface area contributed by atoms with Gasteiger partial charge in [0.1, 0.15) is 23.0 Å². The van der Waals surface area contributed by atoms with E-state index in [9.17, 15) is 4.79 Å². The topological polar surface area (TPSA) is 114 Å². The molecule has 0 saturated carbocycles. The van der Waals surface area contributed by atoms with Crippen LogP contribution in [0.25, 0.3) is 0 Å². The Bertz CT molecular complexity index is 1230. The summed E-state index contributed by atoms with van der Waals surface area (Å²) in [4.78, 5) is 20.1. The number of hydrogen-bond donors (Lipinski definition) is 4. The smallest absolute Gasteiger partial charge is 0.269 e. The Balaban J connectivity index is 1.41. The molecule has 8 heteroatoms. The number of amides is 1. The lowest BCUT2D eigenvalue weighted by atomic mass is 10.2. The third-order valence-corrected chi connectivity index (χ3v) is 4.49. The second-order valence-corrected chi connectivity index (χ2v) is 6.89. The van der Waals surface area contributed by atoms with Crippen molar-refractivity contribution in [2.24, 2.45) is 0 Å². The van der Waals surface area contributed by atoms with Gasteiger partial charge in [0.15, 0.2) is 0 Å². The van der Waals surface area contributed by atoms with Crippen molar-refractivity contribution in [2.75, 3.05) is 23.4 Å². The van der Waals surface area contributed by atoms with Gasteiger partial charge in [-0.05, 0) is 54.6 Å². The van der Waals surface area contributed by atoms with Crippen LogP contribution in [0.15, 0.2) is 85.2 Å². The molecular weight excluding hydrogens is 404 g/mol. The lowest BCUT2D eigenvalue weighted by Crippen LogP contribution is -2.18. The van der Waals surface area contributed by atoms with E-state index in [2.05, 4.69) is 25.9 Å². The molecule has 0 radical (unpaired) electrons. The van der Waals surface area contributed by atoms with Crippen LogP contribution in [0.5, 0.6) is 11.5 Å². The highest BCUT2D eigenvalue weighted by atomic mass is 16.5. The third-order valence-electron chi connectivity index (χ3n) is 4.49. The first kappa shape index (κ1) is 20.7. The average Bonchev–Trinajstić information content (AvgIpc) is 2.80. The minimum Gasteiger partial charge on any atom is -0.457 e. The van der Waals surface area contributed by atoms with Crippen molar-refractivity contribution in [1.29, 1.82) is 0 Å². The largest absolute Gasteiger partial charge is 0.457 e. The molecule has 2 aromatic heterocycles. The number of nitrogen functional groups attached to an aromatic ring is 1. The normalized spacial score (nSPS) is 10.3. The van der Waals surface area contributed by atoms with Crippen molar-refractivity contribution in [3.63, 3.8) is 0 Å². The SMILES string of the molecule is CNC(=O)c1cc(Oc2ccc(Nc3cc(Nc4cccc(N)c4)ccn3)cc2)ccn1. The van der Waals surface area contributed by atoms with Crippen LogP contribution in [0, 0.1) is 0 Å². The highest BCUT2D eigenvalue weighted by molar-refractivity contribution is 5.92. The maximum Gasteiger partial charge on any atom is 0.269 e. The number of nitrogens with two attached hydrogens (primary N) is 1. The van der Waals surface area contributed by atoms with E-state index in [-0.39, 0.29) is 5.91 Å². The van der Waals surface area contributed by atoms with Gasteiger partial charge < -0.3 is 26.4 Å². The molecule has 0 saturated heterocycles. The molecule has 0 atom stereocenters. The fourth-order valence-corrected chi connectivity index (χ4v) is 2.98. The highest BCUT2D eigenvalue weighted by Crippen LogP contribution is 2.26. The van der Waals surface area contributed by atoms with E-state index in [1.165, 1.54) is 6.20 Å². The number of nitrogens with zero attached hydrogens (tertiary/aromatic N) is 2. The number of pyridine rings is 2. The van der Waals surface area contributed by atoms with Crippen LogP contribution in [0.2, 0.25) is 0 Å². The molecule has 1 amide bonds. The lowest BCUT2D eigenvalue weighted by molar-refractivity contribution is 0.0958. The Morgan fingerprint density at radius 1 is 0.812 bits per heavy atom.